The molecule has 0 spiro atoms. The Balaban J connectivity index is 1.90. The summed E-state index contributed by atoms with van der Waals surface area (Å²) in [6, 6.07) is 5.58. The van der Waals surface area contributed by atoms with Crippen LogP contribution in [0.5, 0.6) is 0 Å². The average molecular weight is 315 g/mol. The van der Waals surface area contributed by atoms with Crippen LogP contribution in [0.2, 0.25) is 0 Å². The van der Waals surface area contributed by atoms with Crippen LogP contribution < -0.4 is 0 Å². The fraction of sp³-hybridized carbons (Fsp3) is 0.529. The van der Waals surface area contributed by atoms with Gasteiger partial charge in [0.25, 0.3) is 0 Å². The number of hydrogen-bond acceptors (Lipinski definition) is 6. The van der Waals surface area contributed by atoms with E-state index in [9.17, 15) is 9.59 Å². The third kappa shape index (κ3) is 3.32. The van der Waals surface area contributed by atoms with Crippen molar-refractivity contribution < 1.29 is 14.3 Å². The van der Waals surface area contributed by atoms with Crippen molar-refractivity contribution in [3.63, 3.8) is 0 Å². The summed E-state index contributed by atoms with van der Waals surface area (Å²) in [4.78, 5) is 35.4. The summed E-state index contributed by atoms with van der Waals surface area (Å²) in [5.74, 6) is -0.0940. The number of nitrogens with zero attached hydrogens (tertiary/aromatic N) is 3. The lowest BCUT2D eigenvalue weighted by Gasteiger charge is -2.21. The number of aryl methyl sites for hydroxylation is 1. The van der Waals surface area contributed by atoms with Gasteiger partial charge < -0.3 is 4.74 Å². The van der Waals surface area contributed by atoms with Crippen LogP contribution in [0.25, 0.3) is 0 Å². The van der Waals surface area contributed by atoms with E-state index in [1.165, 1.54) is 0 Å². The minimum absolute atomic E-state index is 0.0343. The third-order valence-electron chi connectivity index (χ3n) is 4.30. The van der Waals surface area contributed by atoms with Gasteiger partial charge in [0.05, 0.1) is 24.4 Å². The van der Waals surface area contributed by atoms with E-state index >= 15 is 0 Å². The molecule has 2 bridgehead atoms. The molecule has 122 valence electrons. The number of esters is 1. The zero-order valence-corrected chi connectivity index (χ0v) is 13.5. The predicted molar refractivity (Wildman–Crippen MR) is 85.2 cm³/mol. The number of ketones is 1. The van der Waals surface area contributed by atoms with Crippen molar-refractivity contribution in [1.82, 2.24) is 9.88 Å². The lowest BCUT2D eigenvalue weighted by Crippen LogP contribution is -2.36. The van der Waals surface area contributed by atoms with Gasteiger partial charge >= 0.3 is 5.97 Å². The van der Waals surface area contributed by atoms with Crippen LogP contribution in [0.4, 0.5) is 0 Å². The summed E-state index contributed by atoms with van der Waals surface area (Å²) in [5, 5.41) is 0. The molecule has 0 aromatic carbocycles. The Morgan fingerprint density at radius 1 is 1.48 bits per heavy atom. The van der Waals surface area contributed by atoms with Gasteiger partial charge in [-0.3, -0.25) is 24.5 Å². The van der Waals surface area contributed by atoms with Crippen molar-refractivity contribution in [2.75, 3.05) is 19.7 Å². The Hall–Kier alpha value is -2.08. The quantitative estimate of drug-likeness (QED) is 0.606. The summed E-state index contributed by atoms with van der Waals surface area (Å²) in [7, 11) is 0. The van der Waals surface area contributed by atoms with Gasteiger partial charge in [-0.2, -0.15) is 0 Å². The van der Waals surface area contributed by atoms with Gasteiger partial charge in [0.15, 0.2) is 11.9 Å². The molecule has 3 atom stereocenters. The maximum Gasteiger partial charge on any atom is 0.311 e. The van der Waals surface area contributed by atoms with E-state index in [0.29, 0.717) is 18.0 Å². The molecule has 6 nitrogen and oxygen atoms in total. The van der Waals surface area contributed by atoms with E-state index < -0.39 is 6.17 Å². The van der Waals surface area contributed by atoms with Crippen molar-refractivity contribution in [2.45, 2.75) is 32.9 Å². The van der Waals surface area contributed by atoms with Crippen molar-refractivity contribution in [1.29, 1.82) is 0 Å². The molecule has 2 fully saturated rings. The highest BCUT2D eigenvalue weighted by Crippen LogP contribution is 2.30. The van der Waals surface area contributed by atoms with E-state index in [1.807, 2.05) is 25.1 Å². The predicted octanol–water partition coefficient (Wildman–Crippen LogP) is 1.36. The van der Waals surface area contributed by atoms with Crippen molar-refractivity contribution in [3.8, 4) is 0 Å². The first-order valence-corrected chi connectivity index (χ1v) is 8.02. The number of hydrogen-bond donors (Lipinski definition) is 0. The zero-order valence-electron chi connectivity index (χ0n) is 13.5. The molecule has 0 aliphatic carbocycles. The first kappa shape index (κ1) is 15.8. The Labute approximate surface area is 135 Å². The smallest absolute Gasteiger partial charge is 0.311 e. The fourth-order valence-corrected chi connectivity index (χ4v) is 3.18. The molecule has 0 saturated carbocycles. The highest BCUT2D eigenvalue weighted by molar-refractivity contribution is 6.09. The van der Waals surface area contributed by atoms with Crippen molar-refractivity contribution in [2.24, 2.45) is 10.9 Å². The molecule has 23 heavy (non-hydrogen) atoms. The maximum atomic E-state index is 12.3. The zero-order chi connectivity index (χ0) is 16.4. The second-order valence-electron chi connectivity index (χ2n) is 5.98. The second kappa shape index (κ2) is 6.58. The highest BCUT2D eigenvalue weighted by atomic mass is 16.5. The monoisotopic (exact) mass is 315 g/mol. The van der Waals surface area contributed by atoms with Gasteiger partial charge in [0.2, 0.25) is 0 Å². The molecule has 6 heteroatoms. The molecular weight excluding hydrogens is 294 g/mol. The van der Waals surface area contributed by atoms with E-state index in [2.05, 4.69) is 14.9 Å². The van der Waals surface area contributed by atoms with Gasteiger partial charge in [-0.1, -0.05) is 6.07 Å². The van der Waals surface area contributed by atoms with Gasteiger partial charge in [-0.25, -0.2) is 0 Å². The number of carbonyl (C=O) groups is 2. The van der Waals surface area contributed by atoms with Gasteiger partial charge in [0, 0.05) is 24.7 Å². The number of ether oxygens (including phenoxy) is 1. The van der Waals surface area contributed by atoms with Gasteiger partial charge in [-0.05, 0) is 32.4 Å². The number of piperidine rings is 1. The second-order valence-corrected chi connectivity index (χ2v) is 5.98. The fourth-order valence-electron chi connectivity index (χ4n) is 3.18. The first-order valence-electron chi connectivity index (χ1n) is 8.02. The molecule has 3 unspecified atom stereocenters. The van der Waals surface area contributed by atoms with Crippen molar-refractivity contribution >= 4 is 17.5 Å². The molecule has 2 saturated heterocycles. The molecule has 2 aliphatic rings. The highest BCUT2D eigenvalue weighted by Gasteiger charge is 2.45. The summed E-state index contributed by atoms with van der Waals surface area (Å²) in [6.07, 6.45) is 0.480. The number of carbonyl (C=O) groups excluding carboxylic acids is 2. The molecule has 0 amide bonds. The molecule has 0 radical (unpaired) electrons. The number of pyridine rings is 1. The summed E-state index contributed by atoms with van der Waals surface area (Å²) in [6.45, 7) is 5.64. The third-order valence-corrected chi connectivity index (χ3v) is 4.30. The number of aromatic nitrogens is 1. The van der Waals surface area contributed by atoms with E-state index in [0.717, 1.165) is 25.2 Å². The molecular formula is C17H21N3O3. The normalized spacial score (nSPS) is 26.6. The Kier molecular flexibility index (Phi) is 4.52. The molecule has 3 rings (SSSR count). The van der Waals surface area contributed by atoms with Crippen molar-refractivity contribution in [3.05, 3.63) is 29.6 Å². The SMILES string of the molecule is CCOC(=O)CC(=NC1C(=O)C2CCN1C2)c1cccc(C)n1. The molecule has 0 N–H and O–H groups in total. The van der Waals surface area contributed by atoms with E-state index in [-0.39, 0.29) is 24.1 Å². The molecule has 3 heterocycles. The minimum atomic E-state index is -0.472. The van der Waals surface area contributed by atoms with Crippen LogP contribution in [-0.2, 0) is 14.3 Å². The van der Waals surface area contributed by atoms with Gasteiger partial charge in [-0.15, -0.1) is 0 Å². The Morgan fingerprint density at radius 3 is 2.96 bits per heavy atom. The van der Waals surface area contributed by atoms with Crippen LogP contribution in [0.15, 0.2) is 23.2 Å². The standard InChI is InChI=1S/C17H21N3O3/c1-3-23-15(21)9-14(13-6-4-5-11(2)18-13)19-17-16(22)12-7-8-20(17)10-12/h4-6,12,17H,3,7-10H2,1-2H3. The largest absolute Gasteiger partial charge is 0.466 e. The summed E-state index contributed by atoms with van der Waals surface area (Å²) >= 11 is 0. The number of aliphatic imine (C=N–C) groups is 1. The van der Waals surface area contributed by atoms with Crippen LogP contribution in [0.3, 0.4) is 0 Å². The van der Waals surface area contributed by atoms with Crippen LogP contribution in [-0.4, -0.2) is 53.2 Å². The Morgan fingerprint density at radius 2 is 2.30 bits per heavy atom. The van der Waals surface area contributed by atoms with Gasteiger partial charge in [0.1, 0.15) is 0 Å². The first-order chi connectivity index (χ1) is 11.1. The van der Waals surface area contributed by atoms with E-state index in [1.54, 1.807) is 6.92 Å². The summed E-state index contributed by atoms with van der Waals surface area (Å²) in [5.41, 5.74) is 2.01. The summed E-state index contributed by atoms with van der Waals surface area (Å²) < 4.78 is 5.03. The average Bonchev–Trinajstić information content (AvgIpc) is 3.10. The molecule has 1 aromatic rings. The molecule has 1 aromatic heterocycles. The maximum absolute atomic E-state index is 12.3. The van der Waals surface area contributed by atoms with Crippen LogP contribution >= 0.6 is 0 Å². The molecule has 2 aliphatic heterocycles. The lowest BCUT2D eigenvalue weighted by atomic mass is 10.0. The number of rotatable bonds is 5. The lowest BCUT2D eigenvalue weighted by molar-refractivity contribution is -0.141. The topological polar surface area (TPSA) is 71.9 Å². The van der Waals surface area contributed by atoms with E-state index in [4.69, 9.17) is 4.74 Å². The Bertz CT molecular complexity index is 656. The van der Waals surface area contributed by atoms with Crippen LogP contribution in [0, 0.1) is 12.8 Å². The number of Topliss-reactive ketones (excluding diaryl/α,β-unsaturated/α-hetero) is 1. The minimum Gasteiger partial charge on any atom is -0.466 e. The van der Waals surface area contributed by atoms with Crippen LogP contribution in [0.1, 0.15) is 31.2 Å². The number of fused-ring (bicyclic) bond motifs is 2.